The van der Waals surface area contributed by atoms with Crippen LogP contribution in [0.4, 0.5) is 4.79 Å². The van der Waals surface area contributed by atoms with Crippen molar-refractivity contribution in [3.63, 3.8) is 0 Å². The van der Waals surface area contributed by atoms with E-state index in [2.05, 4.69) is 5.32 Å². The third kappa shape index (κ3) is 3.77. The lowest BCUT2D eigenvalue weighted by Gasteiger charge is -2.33. The van der Waals surface area contributed by atoms with E-state index < -0.39 is 17.2 Å². The summed E-state index contributed by atoms with van der Waals surface area (Å²) in [5.41, 5.74) is 0.105. The first kappa shape index (κ1) is 16.7. The number of phenols is 3. The fourth-order valence-corrected chi connectivity index (χ4v) is 2.44. The van der Waals surface area contributed by atoms with Gasteiger partial charge in [0.2, 0.25) is 0 Å². The number of carbonyl (C=O) groups is 2. The fraction of sp³-hybridized carbons (Fsp3) is 0.467. The Morgan fingerprint density at radius 2 is 1.65 bits per heavy atom. The summed E-state index contributed by atoms with van der Waals surface area (Å²) in [6.07, 6.45) is 1.25. The van der Waals surface area contributed by atoms with Crippen molar-refractivity contribution in [2.45, 2.75) is 18.9 Å². The number of carbonyl (C=O) groups excluding carboxylic acids is 2. The summed E-state index contributed by atoms with van der Waals surface area (Å²) in [4.78, 5) is 27.0. The van der Waals surface area contributed by atoms with Crippen molar-refractivity contribution in [1.82, 2.24) is 15.1 Å². The number of nitrogens with zero attached hydrogens (tertiary/aromatic N) is 2. The van der Waals surface area contributed by atoms with Gasteiger partial charge in [0.25, 0.3) is 5.91 Å². The predicted octanol–water partition coefficient (Wildman–Crippen LogP) is 0.679. The zero-order chi connectivity index (χ0) is 17.1. The lowest BCUT2D eigenvalue weighted by Crippen LogP contribution is -2.48. The van der Waals surface area contributed by atoms with E-state index in [1.165, 1.54) is 4.90 Å². The van der Waals surface area contributed by atoms with Crippen LogP contribution >= 0.6 is 0 Å². The van der Waals surface area contributed by atoms with Crippen LogP contribution in [0.3, 0.4) is 0 Å². The molecule has 0 saturated carbocycles. The normalized spacial score (nSPS) is 15.3. The van der Waals surface area contributed by atoms with Crippen LogP contribution in [0.5, 0.6) is 17.2 Å². The molecule has 0 radical (unpaired) electrons. The lowest BCUT2D eigenvalue weighted by molar-refractivity contribution is 0.0706. The van der Waals surface area contributed by atoms with Gasteiger partial charge in [0.05, 0.1) is 0 Å². The highest BCUT2D eigenvalue weighted by Crippen LogP contribution is 2.35. The van der Waals surface area contributed by atoms with E-state index in [-0.39, 0.29) is 23.5 Å². The molecule has 1 aliphatic rings. The summed E-state index contributed by atoms with van der Waals surface area (Å²) in [5, 5.41) is 31.2. The van der Waals surface area contributed by atoms with Crippen molar-refractivity contribution < 1.29 is 24.9 Å². The second-order valence-corrected chi connectivity index (χ2v) is 5.77. The molecule has 3 amide bonds. The van der Waals surface area contributed by atoms with Gasteiger partial charge >= 0.3 is 6.03 Å². The Hall–Kier alpha value is -2.64. The number of benzene rings is 1. The van der Waals surface area contributed by atoms with Crippen molar-refractivity contribution in [2.24, 2.45) is 0 Å². The summed E-state index contributed by atoms with van der Waals surface area (Å²) in [5.74, 6) is -2.07. The van der Waals surface area contributed by atoms with Crippen LogP contribution in [0.25, 0.3) is 0 Å². The van der Waals surface area contributed by atoms with Crippen LogP contribution in [-0.4, -0.2) is 70.3 Å². The molecule has 1 fully saturated rings. The van der Waals surface area contributed by atoms with Gasteiger partial charge in [-0.2, -0.15) is 0 Å². The molecular weight excluding hydrogens is 302 g/mol. The van der Waals surface area contributed by atoms with Crippen LogP contribution in [-0.2, 0) is 0 Å². The first-order chi connectivity index (χ1) is 10.8. The number of phenolic OH excluding ortho intramolecular Hbond substituents is 3. The first-order valence-corrected chi connectivity index (χ1v) is 7.31. The molecule has 1 aliphatic heterocycles. The Morgan fingerprint density at radius 3 is 2.13 bits per heavy atom. The molecule has 4 N–H and O–H groups in total. The van der Waals surface area contributed by atoms with Gasteiger partial charge in [0.1, 0.15) is 0 Å². The third-order valence-corrected chi connectivity index (χ3v) is 3.83. The minimum Gasteiger partial charge on any atom is -0.504 e. The molecular formula is C15H21N3O5. The molecule has 0 atom stereocenters. The maximum absolute atomic E-state index is 12.4. The van der Waals surface area contributed by atoms with Crippen LogP contribution in [0.15, 0.2) is 12.1 Å². The molecule has 8 heteroatoms. The van der Waals surface area contributed by atoms with Crippen LogP contribution in [0.2, 0.25) is 0 Å². The molecule has 126 valence electrons. The summed E-state index contributed by atoms with van der Waals surface area (Å²) < 4.78 is 0. The van der Waals surface area contributed by atoms with Gasteiger partial charge in [0, 0.05) is 38.8 Å². The highest BCUT2D eigenvalue weighted by molar-refractivity contribution is 5.95. The van der Waals surface area contributed by atoms with Gasteiger partial charge in [-0.25, -0.2) is 4.79 Å². The standard InChI is InChI=1S/C15H21N3O5/c1-17(2)15(23)16-10-3-5-18(6-4-10)14(22)9-7-11(19)13(21)12(20)8-9/h7-8,10,19-21H,3-6H2,1-2H3,(H,16,23). The maximum Gasteiger partial charge on any atom is 0.317 e. The fourth-order valence-electron chi connectivity index (χ4n) is 2.44. The van der Waals surface area contributed by atoms with Gasteiger partial charge in [0.15, 0.2) is 17.2 Å². The minimum absolute atomic E-state index is 0.00979. The second kappa shape index (κ2) is 6.64. The Labute approximate surface area is 133 Å². The second-order valence-electron chi connectivity index (χ2n) is 5.77. The van der Waals surface area contributed by atoms with Gasteiger partial charge in [-0.3, -0.25) is 4.79 Å². The van der Waals surface area contributed by atoms with Crippen molar-refractivity contribution in [2.75, 3.05) is 27.2 Å². The number of urea groups is 1. The zero-order valence-corrected chi connectivity index (χ0v) is 13.1. The highest BCUT2D eigenvalue weighted by Gasteiger charge is 2.26. The van der Waals surface area contributed by atoms with E-state index in [0.717, 1.165) is 12.1 Å². The van der Waals surface area contributed by atoms with Crippen LogP contribution in [0.1, 0.15) is 23.2 Å². The monoisotopic (exact) mass is 323 g/mol. The predicted molar refractivity (Wildman–Crippen MR) is 82.6 cm³/mol. The number of piperidine rings is 1. The smallest absolute Gasteiger partial charge is 0.317 e. The average molecular weight is 323 g/mol. The number of amides is 3. The average Bonchev–Trinajstić information content (AvgIpc) is 2.52. The number of likely N-dealkylation sites (tertiary alicyclic amines) is 1. The summed E-state index contributed by atoms with van der Waals surface area (Å²) >= 11 is 0. The van der Waals surface area contributed by atoms with E-state index in [0.29, 0.717) is 25.9 Å². The Bertz CT molecular complexity index is 586. The summed E-state index contributed by atoms with van der Waals surface area (Å²) in [6.45, 7) is 0.916. The van der Waals surface area contributed by atoms with Crippen molar-refractivity contribution in [1.29, 1.82) is 0 Å². The molecule has 1 saturated heterocycles. The molecule has 1 aromatic carbocycles. The van der Waals surface area contributed by atoms with Crippen molar-refractivity contribution in [3.8, 4) is 17.2 Å². The number of hydrogen-bond donors (Lipinski definition) is 4. The Kier molecular flexibility index (Phi) is 4.83. The van der Waals surface area contributed by atoms with Crippen LogP contribution < -0.4 is 5.32 Å². The zero-order valence-electron chi connectivity index (χ0n) is 13.1. The van der Waals surface area contributed by atoms with E-state index in [9.17, 15) is 24.9 Å². The van der Waals surface area contributed by atoms with Gasteiger partial charge in [-0.1, -0.05) is 0 Å². The molecule has 0 spiro atoms. The molecule has 1 heterocycles. The van der Waals surface area contributed by atoms with Gasteiger partial charge in [-0.05, 0) is 25.0 Å². The molecule has 0 aromatic heterocycles. The summed E-state index contributed by atoms with van der Waals surface area (Å²) in [7, 11) is 3.33. The van der Waals surface area contributed by atoms with Gasteiger partial charge < -0.3 is 30.4 Å². The molecule has 2 rings (SSSR count). The van der Waals surface area contributed by atoms with E-state index in [1.807, 2.05) is 0 Å². The largest absolute Gasteiger partial charge is 0.504 e. The molecule has 8 nitrogen and oxygen atoms in total. The molecule has 1 aromatic rings. The molecule has 0 unspecified atom stereocenters. The van der Waals surface area contributed by atoms with Crippen molar-refractivity contribution in [3.05, 3.63) is 17.7 Å². The van der Waals surface area contributed by atoms with E-state index in [4.69, 9.17) is 0 Å². The van der Waals surface area contributed by atoms with Crippen LogP contribution in [0, 0.1) is 0 Å². The lowest BCUT2D eigenvalue weighted by atomic mass is 10.0. The van der Waals surface area contributed by atoms with E-state index >= 15 is 0 Å². The number of nitrogens with one attached hydrogen (secondary N) is 1. The summed E-state index contributed by atoms with van der Waals surface area (Å²) in [6, 6.07) is 2.09. The Balaban J connectivity index is 1.97. The van der Waals surface area contributed by atoms with Crippen molar-refractivity contribution >= 4 is 11.9 Å². The minimum atomic E-state index is -0.647. The maximum atomic E-state index is 12.4. The number of hydrogen-bond acceptors (Lipinski definition) is 5. The SMILES string of the molecule is CN(C)C(=O)NC1CCN(C(=O)c2cc(O)c(O)c(O)c2)CC1. The highest BCUT2D eigenvalue weighted by atomic mass is 16.3. The molecule has 23 heavy (non-hydrogen) atoms. The third-order valence-electron chi connectivity index (χ3n) is 3.83. The number of rotatable bonds is 2. The van der Waals surface area contributed by atoms with E-state index in [1.54, 1.807) is 19.0 Å². The molecule has 0 aliphatic carbocycles. The first-order valence-electron chi connectivity index (χ1n) is 7.31. The number of aromatic hydroxyl groups is 3. The van der Waals surface area contributed by atoms with Gasteiger partial charge in [-0.15, -0.1) is 0 Å². The quantitative estimate of drug-likeness (QED) is 0.598. The molecule has 0 bridgehead atoms. The Morgan fingerprint density at radius 1 is 1.13 bits per heavy atom. The topological polar surface area (TPSA) is 113 Å².